The van der Waals surface area contributed by atoms with Gasteiger partial charge in [-0.15, -0.1) is 0 Å². The van der Waals surface area contributed by atoms with Crippen LogP contribution in [0.3, 0.4) is 0 Å². The summed E-state index contributed by atoms with van der Waals surface area (Å²) in [7, 11) is 1.96. The van der Waals surface area contributed by atoms with Gasteiger partial charge in [-0.1, -0.05) is 0 Å². The van der Waals surface area contributed by atoms with Crippen LogP contribution < -0.4 is 5.32 Å². The van der Waals surface area contributed by atoms with Gasteiger partial charge in [-0.3, -0.25) is 4.68 Å². The summed E-state index contributed by atoms with van der Waals surface area (Å²) in [6.07, 6.45) is 5.87. The number of nitrogens with zero attached hydrogens (tertiary/aromatic N) is 2. The predicted molar refractivity (Wildman–Crippen MR) is 57.1 cm³/mol. The van der Waals surface area contributed by atoms with Crippen LogP contribution >= 0.6 is 0 Å². The molecule has 0 radical (unpaired) electrons. The summed E-state index contributed by atoms with van der Waals surface area (Å²) in [5.74, 6) is 0.943. The van der Waals surface area contributed by atoms with E-state index in [0.29, 0.717) is 6.04 Å². The zero-order valence-electron chi connectivity index (χ0n) is 9.03. The lowest BCUT2D eigenvalue weighted by molar-refractivity contribution is 0.498. The molecule has 78 valence electrons. The van der Waals surface area contributed by atoms with Gasteiger partial charge in [0.25, 0.3) is 0 Å². The molecule has 0 aliphatic heterocycles. The molecule has 1 saturated carbocycles. The molecule has 14 heavy (non-hydrogen) atoms. The van der Waals surface area contributed by atoms with E-state index in [9.17, 15) is 0 Å². The van der Waals surface area contributed by atoms with Crippen molar-refractivity contribution in [3.8, 4) is 0 Å². The molecule has 1 aromatic heterocycles. The van der Waals surface area contributed by atoms with E-state index in [1.807, 2.05) is 17.9 Å². The standard InChI is InChI=1S/C11H19N3/c1-9(10-3-4-10)12-7-5-11-6-8-14(2)13-11/h6,8-10,12H,3-5,7H2,1-2H3. The van der Waals surface area contributed by atoms with Gasteiger partial charge in [-0.25, -0.2) is 0 Å². The highest BCUT2D eigenvalue weighted by molar-refractivity contribution is 4.99. The van der Waals surface area contributed by atoms with Gasteiger partial charge in [0.15, 0.2) is 0 Å². The Kier molecular flexibility index (Phi) is 2.87. The molecule has 0 amide bonds. The van der Waals surface area contributed by atoms with E-state index in [4.69, 9.17) is 0 Å². The molecule has 2 rings (SSSR count). The average Bonchev–Trinajstić information content (AvgIpc) is 2.92. The summed E-state index contributed by atoms with van der Waals surface area (Å²) in [6.45, 7) is 3.34. The lowest BCUT2D eigenvalue weighted by Crippen LogP contribution is -2.29. The minimum Gasteiger partial charge on any atom is -0.314 e. The summed E-state index contributed by atoms with van der Waals surface area (Å²) in [4.78, 5) is 0. The summed E-state index contributed by atoms with van der Waals surface area (Å²) < 4.78 is 1.86. The van der Waals surface area contributed by atoms with Crippen molar-refractivity contribution in [2.75, 3.05) is 6.54 Å². The maximum Gasteiger partial charge on any atom is 0.0637 e. The van der Waals surface area contributed by atoms with Crippen LogP contribution in [0.2, 0.25) is 0 Å². The van der Waals surface area contributed by atoms with E-state index in [2.05, 4.69) is 23.4 Å². The Bertz CT molecular complexity index is 288. The Labute approximate surface area is 85.5 Å². The Morgan fingerprint density at radius 2 is 2.43 bits per heavy atom. The summed E-state index contributed by atoms with van der Waals surface area (Å²) in [5, 5.41) is 7.90. The van der Waals surface area contributed by atoms with Crippen LogP contribution in [-0.2, 0) is 13.5 Å². The average molecular weight is 193 g/mol. The highest BCUT2D eigenvalue weighted by Crippen LogP contribution is 2.32. The highest BCUT2D eigenvalue weighted by atomic mass is 15.2. The van der Waals surface area contributed by atoms with Gasteiger partial charge >= 0.3 is 0 Å². The van der Waals surface area contributed by atoms with Gasteiger partial charge in [0.05, 0.1) is 5.69 Å². The van der Waals surface area contributed by atoms with Gasteiger partial charge in [0, 0.05) is 32.3 Å². The van der Waals surface area contributed by atoms with E-state index in [1.165, 1.54) is 18.5 Å². The number of aryl methyl sites for hydroxylation is 1. The minimum absolute atomic E-state index is 0.693. The van der Waals surface area contributed by atoms with Crippen molar-refractivity contribution in [1.82, 2.24) is 15.1 Å². The summed E-state index contributed by atoms with van der Waals surface area (Å²) >= 11 is 0. The molecule has 0 spiro atoms. The fourth-order valence-corrected chi connectivity index (χ4v) is 1.79. The molecule has 1 N–H and O–H groups in total. The normalized spacial score (nSPS) is 18.4. The lowest BCUT2D eigenvalue weighted by Gasteiger charge is -2.11. The van der Waals surface area contributed by atoms with E-state index in [1.54, 1.807) is 0 Å². The fraction of sp³-hybridized carbons (Fsp3) is 0.727. The third-order valence-electron chi connectivity index (χ3n) is 2.95. The molecule has 1 atom stereocenters. The van der Waals surface area contributed by atoms with Crippen LogP contribution in [0.1, 0.15) is 25.5 Å². The van der Waals surface area contributed by atoms with Crippen molar-refractivity contribution >= 4 is 0 Å². The molecule has 1 unspecified atom stereocenters. The fourth-order valence-electron chi connectivity index (χ4n) is 1.79. The first-order chi connectivity index (χ1) is 6.75. The van der Waals surface area contributed by atoms with Gasteiger partial charge < -0.3 is 5.32 Å². The number of hydrogen-bond donors (Lipinski definition) is 1. The monoisotopic (exact) mass is 193 g/mol. The van der Waals surface area contributed by atoms with Crippen LogP contribution in [0.25, 0.3) is 0 Å². The smallest absolute Gasteiger partial charge is 0.0637 e. The lowest BCUT2D eigenvalue weighted by atomic mass is 10.2. The Hall–Kier alpha value is -0.830. The Morgan fingerprint density at radius 1 is 1.64 bits per heavy atom. The largest absolute Gasteiger partial charge is 0.314 e. The van der Waals surface area contributed by atoms with Crippen molar-refractivity contribution < 1.29 is 0 Å². The molecule has 1 fully saturated rings. The van der Waals surface area contributed by atoms with E-state index in [0.717, 1.165) is 18.9 Å². The van der Waals surface area contributed by atoms with E-state index in [-0.39, 0.29) is 0 Å². The number of nitrogens with one attached hydrogen (secondary N) is 1. The highest BCUT2D eigenvalue weighted by Gasteiger charge is 2.27. The third kappa shape index (κ3) is 2.58. The maximum atomic E-state index is 4.34. The molecule has 1 aliphatic rings. The van der Waals surface area contributed by atoms with Crippen LogP contribution in [-0.4, -0.2) is 22.4 Å². The van der Waals surface area contributed by atoms with E-state index < -0.39 is 0 Å². The molecule has 1 heterocycles. The van der Waals surface area contributed by atoms with Gasteiger partial charge in [-0.05, 0) is 31.7 Å². The van der Waals surface area contributed by atoms with Crippen molar-refractivity contribution in [1.29, 1.82) is 0 Å². The summed E-state index contributed by atoms with van der Waals surface area (Å²) in [5.41, 5.74) is 1.18. The maximum absolute atomic E-state index is 4.34. The van der Waals surface area contributed by atoms with E-state index >= 15 is 0 Å². The van der Waals surface area contributed by atoms with Crippen molar-refractivity contribution in [2.24, 2.45) is 13.0 Å². The van der Waals surface area contributed by atoms with Crippen LogP contribution in [0.5, 0.6) is 0 Å². The second-order valence-corrected chi connectivity index (χ2v) is 4.31. The third-order valence-corrected chi connectivity index (χ3v) is 2.95. The number of aromatic nitrogens is 2. The first kappa shape index (κ1) is 9.71. The molecule has 0 saturated heterocycles. The second kappa shape index (κ2) is 4.13. The molecule has 1 aromatic rings. The first-order valence-electron chi connectivity index (χ1n) is 5.47. The first-order valence-corrected chi connectivity index (χ1v) is 5.47. The molecule has 0 bridgehead atoms. The van der Waals surface area contributed by atoms with Crippen LogP contribution in [0.4, 0.5) is 0 Å². The minimum atomic E-state index is 0.693. The predicted octanol–water partition coefficient (Wildman–Crippen LogP) is 1.35. The molecule has 0 aromatic carbocycles. The quantitative estimate of drug-likeness (QED) is 0.765. The molecule has 1 aliphatic carbocycles. The zero-order valence-corrected chi connectivity index (χ0v) is 9.03. The number of hydrogen-bond acceptors (Lipinski definition) is 2. The van der Waals surface area contributed by atoms with Crippen molar-refractivity contribution in [2.45, 2.75) is 32.2 Å². The topological polar surface area (TPSA) is 29.9 Å². The number of rotatable bonds is 5. The van der Waals surface area contributed by atoms with Crippen LogP contribution in [0, 0.1) is 5.92 Å². The van der Waals surface area contributed by atoms with Crippen molar-refractivity contribution in [3.05, 3.63) is 18.0 Å². The Balaban J connectivity index is 1.67. The van der Waals surface area contributed by atoms with Gasteiger partial charge in [0.2, 0.25) is 0 Å². The SMILES string of the molecule is CC(NCCc1ccn(C)n1)C1CC1. The summed E-state index contributed by atoms with van der Waals surface area (Å²) in [6, 6.07) is 2.78. The van der Waals surface area contributed by atoms with Gasteiger partial charge in [-0.2, -0.15) is 5.10 Å². The zero-order chi connectivity index (χ0) is 9.97. The molecular weight excluding hydrogens is 174 g/mol. The molecular formula is C11H19N3. The second-order valence-electron chi connectivity index (χ2n) is 4.31. The Morgan fingerprint density at radius 3 is 3.00 bits per heavy atom. The molecule has 3 heteroatoms. The van der Waals surface area contributed by atoms with Crippen molar-refractivity contribution in [3.63, 3.8) is 0 Å². The van der Waals surface area contributed by atoms with Gasteiger partial charge in [0.1, 0.15) is 0 Å². The van der Waals surface area contributed by atoms with Crippen LogP contribution in [0.15, 0.2) is 12.3 Å². The molecule has 3 nitrogen and oxygen atoms in total.